The van der Waals surface area contributed by atoms with E-state index < -0.39 is 0 Å². The SMILES string of the molecule is C=CCNC(=O)COc1cccc(Cl)c1. The quantitative estimate of drug-likeness (QED) is 0.779. The fourth-order valence-corrected chi connectivity index (χ4v) is 1.12. The van der Waals surface area contributed by atoms with Gasteiger partial charge in [0.25, 0.3) is 5.91 Å². The largest absolute Gasteiger partial charge is 0.484 e. The maximum Gasteiger partial charge on any atom is 0.258 e. The molecule has 0 bridgehead atoms. The molecule has 80 valence electrons. The number of rotatable bonds is 5. The highest BCUT2D eigenvalue weighted by atomic mass is 35.5. The topological polar surface area (TPSA) is 38.3 Å². The Bertz CT molecular complexity index is 352. The summed E-state index contributed by atoms with van der Waals surface area (Å²) in [5.41, 5.74) is 0. The minimum Gasteiger partial charge on any atom is -0.484 e. The molecule has 1 rings (SSSR count). The highest BCUT2D eigenvalue weighted by Crippen LogP contribution is 2.16. The summed E-state index contributed by atoms with van der Waals surface area (Å²) >= 11 is 5.75. The molecule has 0 saturated heterocycles. The summed E-state index contributed by atoms with van der Waals surface area (Å²) in [7, 11) is 0. The molecule has 0 aromatic heterocycles. The van der Waals surface area contributed by atoms with Gasteiger partial charge in [-0.2, -0.15) is 0 Å². The average Bonchev–Trinajstić information content (AvgIpc) is 2.23. The van der Waals surface area contributed by atoms with Gasteiger partial charge in [0, 0.05) is 11.6 Å². The van der Waals surface area contributed by atoms with Crippen molar-refractivity contribution in [3.63, 3.8) is 0 Å². The minimum atomic E-state index is -0.185. The number of nitrogens with one attached hydrogen (secondary N) is 1. The van der Waals surface area contributed by atoms with Crippen LogP contribution in [-0.2, 0) is 4.79 Å². The molecule has 1 aromatic carbocycles. The third-order valence-corrected chi connectivity index (χ3v) is 1.84. The molecule has 0 atom stereocenters. The Kier molecular flexibility index (Phi) is 4.71. The Hall–Kier alpha value is -1.48. The highest BCUT2D eigenvalue weighted by molar-refractivity contribution is 6.30. The van der Waals surface area contributed by atoms with Crippen LogP contribution < -0.4 is 10.1 Å². The Balaban J connectivity index is 2.36. The lowest BCUT2D eigenvalue weighted by molar-refractivity contribution is -0.122. The zero-order valence-electron chi connectivity index (χ0n) is 8.20. The standard InChI is InChI=1S/C11H12ClNO2/c1-2-6-13-11(14)8-15-10-5-3-4-9(12)7-10/h2-5,7H,1,6,8H2,(H,13,14). The molecule has 0 aliphatic heterocycles. The van der Waals surface area contributed by atoms with Crippen molar-refractivity contribution >= 4 is 17.5 Å². The number of hydrogen-bond donors (Lipinski definition) is 1. The van der Waals surface area contributed by atoms with E-state index >= 15 is 0 Å². The summed E-state index contributed by atoms with van der Waals surface area (Å²) in [6.45, 7) is 3.91. The normalized spacial score (nSPS) is 9.40. The second-order valence-electron chi connectivity index (χ2n) is 2.84. The number of halogens is 1. The molecular formula is C11H12ClNO2. The first-order chi connectivity index (χ1) is 7.22. The van der Waals surface area contributed by atoms with Crippen LogP contribution in [0.2, 0.25) is 5.02 Å². The van der Waals surface area contributed by atoms with E-state index in [9.17, 15) is 4.79 Å². The van der Waals surface area contributed by atoms with Crippen LogP contribution in [0.15, 0.2) is 36.9 Å². The van der Waals surface area contributed by atoms with Gasteiger partial charge in [0.15, 0.2) is 6.61 Å². The highest BCUT2D eigenvalue weighted by Gasteiger charge is 2.00. The maximum absolute atomic E-state index is 11.1. The predicted octanol–water partition coefficient (Wildman–Crippen LogP) is 2.02. The number of ether oxygens (including phenoxy) is 1. The molecule has 0 heterocycles. The molecule has 0 unspecified atom stereocenters. The molecule has 15 heavy (non-hydrogen) atoms. The summed E-state index contributed by atoms with van der Waals surface area (Å²) in [6, 6.07) is 6.90. The smallest absolute Gasteiger partial charge is 0.258 e. The number of carbonyl (C=O) groups is 1. The van der Waals surface area contributed by atoms with E-state index in [4.69, 9.17) is 16.3 Å². The van der Waals surface area contributed by atoms with Crippen LogP contribution in [0.4, 0.5) is 0 Å². The fraction of sp³-hybridized carbons (Fsp3) is 0.182. The van der Waals surface area contributed by atoms with Gasteiger partial charge < -0.3 is 10.1 Å². The summed E-state index contributed by atoms with van der Waals surface area (Å²) in [5.74, 6) is 0.395. The first-order valence-electron chi connectivity index (χ1n) is 4.48. The lowest BCUT2D eigenvalue weighted by Crippen LogP contribution is -2.28. The third-order valence-electron chi connectivity index (χ3n) is 1.61. The first-order valence-corrected chi connectivity index (χ1v) is 4.86. The van der Waals surface area contributed by atoms with Gasteiger partial charge >= 0.3 is 0 Å². The molecule has 0 saturated carbocycles. The zero-order chi connectivity index (χ0) is 11.1. The monoisotopic (exact) mass is 225 g/mol. The number of benzene rings is 1. The predicted molar refractivity (Wildman–Crippen MR) is 60.2 cm³/mol. The number of hydrogen-bond acceptors (Lipinski definition) is 2. The molecule has 1 N–H and O–H groups in total. The van der Waals surface area contributed by atoms with Crippen molar-refractivity contribution in [3.8, 4) is 5.75 Å². The van der Waals surface area contributed by atoms with Gasteiger partial charge in [-0.15, -0.1) is 6.58 Å². The summed E-state index contributed by atoms with van der Waals surface area (Å²) in [4.78, 5) is 11.1. The van der Waals surface area contributed by atoms with Crippen molar-refractivity contribution in [2.45, 2.75) is 0 Å². The van der Waals surface area contributed by atoms with Gasteiger partial charge in [0.2, 0.25) is 0 Å². The molecule has 3 nitrogen and oxygen atoms in total. The van der Waals surface area contributed by atoms with E-state index in [1.807, 2.05) is 0 Å². The molecule has 0 aliphatic carbocycles. The van der Waals surface area contributed by atoms with Crippen LogP contribution in [0.25, 0.3) is 0 Å². The third kappa shape index (κ3) is 4.51. The summed E-state index contributed by atoms with van der Waals surface area (Å²) in [6.07, 6.45) is 1.61. The van der Waals surface area contributed by atoms with Gasteiger partial charge in [-0.3, -0.25) is 4.79 Å². The van der Waals surface area contributed by atoms with Gasteiger partial charge in [-0.05, 0) is 18.2 Å². The lowest BCUT2D eigenvalue weighted by Gasteiger charge is -2.05. The van der Waals surface area contributed by atoms with Gasteiger partial charge in [-0.1, -0.05) is 23.7 Å². The average molecular weight is 226 g/mol. The van der Waals surface area contributed by atoms with E-state index in [-0.39, 0.29) is 12.5 Å². The zero-order valence-corrected chi connectivity index (χ0v) is 8.96. The summed E-state index contributed by atoms with van der Waals surface area (Å²) in [5, 5.41) is 3.18. The van der Waals surface area contributed by atoms with Crippen LogP contribution in [0, 0.1) is 0 Å². The molecule has 0 aliphatic rings. The maximum atomic E-state index is 11.1. The number of amides is 1. The Morgan fingerprint density at radius 2 is 2.40 bits per heavy atom. The van der Waals surface area contributed by atoms with Crippen LogP contribution in [0.5, 0.6) is 5.75 Å². The van der Waals surface area contributed by atoms with Crippen LogP contribution in [-0.4, -0.2) is 19.1 Å². The van der Waals surface area contributed by atoms with Crippen molar-refractivity contribution < 1.29 is 9.53 Å². The van der Waals surface area contributed by atoms with E-state index in [0.29, 0.717) is 17.3 Å². The van der Waals surface area contributed by atoms with Crippen LogP contribution >= 0.6 is 11.6 Å². The van der Waals surface area contributed by atoms with Crippen LogP contribution in [0.3, 0.4) is 0 Å². The van der Waals surface area contributed by atoms with Crippen LogP contribution in [0.1, 0.15) is 0 Å². The van der Waals surface area contributed by atoms with Crippen molar-refractivity contribution in [1.29, 1.82) is 0 Å². The molecule has 1 amide bonds. The molecule has 0 spiro atoms. The molecule has 1 aromatic rings. The van der Waals surface area contributed by atoms with Crippen molar-refractivity contribution in [2.24, 2.45) is 0 Å². The fourth-order valence-electron chi connectivity index (χ4n) is 0.943. The second kappa shape index (κ2) is 6.09. The van der Waals surface area contributed by atoms with Gasteiger partial charge in [-0.25, -0.2) is 0 Å². The Morgan fingerprint density at radius 1 is 1.60 bits per heavy atom. The Morgan fingerprint density at radius 3 is 3.07 bits per heavy atom. The van der Waals surface area contributed by atoms with E-state index in [1.165, 1.54) is 0 Å². The Labute approximate surface area is 93.7 Å². The molecule has 4 heteroatoms. The van der Waals surface area contributed by atoms with E-state index in [0.717, 1.165) is 0 Å². The van der Waals surface area contributed by atoms with Gasteiger partial charge in [0.05, 0.1) is 0 Å². The van der Waals surface area contributed by atoms with Crippen molar-refractivity contribution in [2.75, 3.05) is 13.2 Å². The van der Waals surface area contributed by atoms with E-state index in [1.54, 1.807) is 30.3 Å². The summed E-state index contributed by atoms with van der Waals surface area (Å²) < 4.78 is 5.21. The van der Waals surface area contributed by atoms with Gasteiger partial charge in [0.1, 0.15) is 5.75 Å². The van der Waals surface area contributed by atoms with Crippen molar-refractivity contribution in [1.82, 2.24) is 5.32 Å². The lowest BCUT2D eigenvalue weighted by atomic mass is 10.3. The molecular weight excluding hydrogens is 214 g/mol. The minimum absolute atomic E-state index is 0.0197. The number of carbonyl (C=O) groups excluding carboxylic acids is 1. The van der Waals surface area contributed by atoms with E-state index in [2.05, 4.69) is 11.9 Å². The first kappa shape index (κ1) is 11.6. The molecule has 0 fully saturated rings. The second-order valence-corrected chi connectivity index (χ2v) is 3.28. The molecule has 0 radical (unpaired) electrons. The van der Waals surface area contributed by atoms with Crippen molar-refractivity contribution in [3.05, 3.63) is 41.9 Å².